The van der Waals surface area contributed by atoms with Crippen LogP contribution in [0.2, 0.25) is 0 Å². The minimum Gasteiger partial charge on any atom is -0.457 e. The van der Waals surface area contributed by atoms with Crippen LogP contribution in [-0.4, -0.2) is 23.1 Å². The molecule has 4 aromatic rings. The second-order valence-corrected chi connectivity index (χ2v) is 8.06. The Kier molecular flexibility index (Phi) is 7.67. The highest BCUT2D eigenvalue weighted by Crippen LogP contribution is 2.23. The van der Waals surface area contributed by atoms with E-state index in [4.69, 9.17) is 4.74 Å². The van der Waals surface area contributed by atoms with E-state index in [9.17, 15) is 9.59 Å². The van der Waals surface area contributed by atoms with Crippen LogP contribution in [0, 0.1) is 13.8 Å². The number of rotatable bonds is 7. The predicted octanol–water partition coefficient (Wildman–Crippen LogP) is 5.90. The lowest BCUT2D eigenvalue weighted by atomic mass is 10.2. The van der Waals surface area contributed by atoms with Crippen molar-refractivity contribution in [3.8, 4) is 11.5 Å². The van der Waals surface area contributed by atoms with Gasteiger partial charge in [-0.1, -0.05) is 42.0 Å². The minimum atomic E-state index is -0.456. The van der Waals surface area contributed by atoms with Gasteiger partial charge in [0.25, 0.3) is 5.91 Å². The van der Waals surface area contributed by atoms with E-state index in [1.165, 1.54) is 12.3 Å². The van der Waals surface area contributed by atoms with Crippen molar-refractivity contribution in [1.82, 2.24) is 10.4 Å². The lowest BCUT2D eigenvalue weighted by molar-refractivity contribution is 0.0950. The Bertz CT molecular complexity index is 1380. The normalized spacial score (nSPS) is 10.6. The minimum absolute atomic E-state index is 0.166. The molecule has 0 saturated heterocycles. The average molecular weight is 480 g/mol. The molecular weight excluding hydrogens is 454 g/mol. The highest BCUT2D eigenvalue weighted by atomic mass is 16.5. The van der Waals surface area contributed by atoms with Crippen LogP contribution in [0.3, 0.4) is 0 Å². The van der Waals surface area contributed by atoms with Crippen molar-refractivity contribution >= 4 is 29.5 Å². The second kappa shape index (κ2) is 11.4. The first-order valence-electron chi connectivity index (χ1n) is 11.2. The summed E-state index contributed by atoms with van der Waals surface area (Å²) in [6.07, 6.45) is 3.05. The number of urea groups is 1. The molecule has 0 aliphatic rings. The molecule has 0 spiro atoms. The largest absolute Gasteiger partial charge is 0.457 e. The van der Waals surface area contributed by atoms with Crippen molar-refractivity contribution < 1.29 is 14.3 Å². The Labute approximate surface area is 209 Å². The van der Waals surface area contributed by atoms with Gasteiger partial charge < -0.3 is 15.4 Å². The zero-order valence-corrected chi connectivity index (χ0v) is 19.9. The summed E-state index contributed by atoms with van der Waals surface area (Å²) in [5, 5.41) is 9.55. The molecule has 4 rings (SSSR count). The van der Waals surface area contributed by atoms with E-state index in [0.717, 1.165) is 16.7 Å². The summed E-state index contributed by atoms with van der Waals surface area (Å²) in [5.74, 6) is 0.521. The first kappa shape index (κ1) is 24.2. The number of hydrazone groups is 1. The summed E-state index contributed by atoms with van der Waals surface area (Å²) in [6, 6.07) is 25.0. The van der Waals surface area contributed by atoms with Crippen molar-refractivity contribution in [3.63, 3.8) is 0 Å². The van der Waals surface area contributed by atoms with Gasteiger partial charge in [-0.3, -0.25) is 9.78 Å². The summed E-state index contributed by atoms with van der Waals surface area (Å²) in [7, 11) is 0. The van der Waals surface area contributed by atoms with Crippen LogP contribution in [0.4, 0.5) is 16.2 Å². The topological polar surface area (TPSA) is 105 Å². The summed E-state index contributed by atoms with van der Waals surface area (Å²) < 4.78 is 5.84. The molecule has 1 aromatic heterocycles. The van der Waals surface area contributed by atoms with E-state index in [-0.39, 0.29) is 11.7 Å². The van der Waals surface area contributed by atoms with Crippen molar-refractivity contribution in [3.05, 3.63) is 114 Å². The van der Waals surface area contributed by atoms with E-state index in [0.29, 0.717) is 22.9 Å². The number of nitrogens with zero attached hydrogens (tertiary/aromatic N) is 2. The van der Waals surface area contributed by atoms with Crippen LogP contribution in [0.15, 0.2) is 96.2 Å². The van der Waals surface area contributed by atoms with Gasteiger partial charge in [0.1, 0.15) is 17.2 Å². The van der Waals surface area contributed by atoms with Gasteiger partial charge in [-0.25, -0.2) is 10.2 Å². The fourth-order valence-corrected chi connectivity index (χ4v) is 3.23. The van der Waals surface area contributed by atoms with Crippen LogP contribution in [0.1, 0.15) is 27.2 Å². The molecule has 3 aromatic carbocycles. The molecule has 0 aliphatic carbocycles. The highest BCUT2D eigenvalue weighted by Gasteiger charge is 2.09. The molecule has 0 bridgehead atoms. The number of pyridine rings is 1. The van der Waals surface area contributed by atoms with E-state index in [2.05, 4.69) is 26.1 Å². The van der Waals surface area contributed by atoms with Gasteiger partial charge in [-0.05, 0) is 67.4 Å². The van der Waals surface area contributed by atoms with Crippen LogP contribution in [0.5, 0.6) is 11.5 Å². The maximum atomic E-state index is 12.4. The van der Waals surface area contributed by atoms with Crippen LogP contribution in [-0.2, 0) is 0 Å². The lowest BCUT2D eigenvalue weighted by Gasteiger charge is -2.10. The van der Waals surface area contributed by atoms with Gasteiger partial charge in [0, 0.05) is 23.6 Å². The Balaban J connectivity index is 1.31. The number of carbonyl (C=O) groups excluding carboxylic acids is 2. The summed E-state index contributed by atoms with van der Waals surface area (Å²) >= 11 is 0. The number of benzene rings is 3. The van der Waals surface area contributed by atoms with Gasteiger partial charge in [-0.2, -0.15) is 5.10 Å². The number of nitrogens with one attached hydrogen (secondary N) is 3. The third-order valence-corrected chi connectivity index (χ3v) is 5.04. The molecule has 8 nitrogen and oxygen atoms in total. The first-order chi connectivity index (χ1) is 17.4. The Hall–Kier alpha value is -4.98. The number of aromatic nitrogens is 1. The summed E-state index contributed by atoms with van der Waals surface area (Å²) in [6.45, 7) is 3.96. The van der Waals surface area contributed by atoms with E-state index in [1.54, 1.807) is 36.5 Å². The van der Waals surface area contributed by atoms with Crippen molar-refractivity contribution in [2.75, 3.05) is 10.6 Å². The monoisotopic (exact) mass is 479 g/mol. The van der Waals surface area contributed by atoms with Crippen LogP contribution >= 0.6 is 0 Å². The van der Waals surface area contributed by atoms with Gasteiger partial charge in [0.15, 0.2) is 0 Å². The fourth-order valence-electron chi connectivity index (χ4n) is 3.23. The third-order valence-electron chi connectivity index (χ3n) is 5.04. The smallest absolute Gasteiger partial charge is 0.323 e. The van der Waals surface area contributed by atoms with Gasteiger partial charge >= 0.3 is 6.03 Å². The lowest BCUT2D eigenvalue weighted by Crippen LogP contribution is -2.19. The molecular formula is C28H25N5O3. The summed E-state index contributed by atoms with van der Waals surface area (Å²) in [4.78, 5) is 28.7. The SMILES string of the molecule is Cc1ccc(C=NNC(=O)c2cc(Oc3ccc(NC(=O)Nc4cccc(C)c4)cc3)ccn2)cc1. The third kappa shape index (κ3) is 7.01. The standard InChI is InChI=1S/C28H25N5O3/c1-19-6-8-21(9-7-19)18-30-33-27(34)26-17-25(14-15-29-26)36-24-12-10-22(11-13-24)31-28(35)32-23-5-3-4-20(2)16-23/h3-18H,1-2H3,(H,33,34)(H2,31,32,35). The number of ether oxygens (including phenoxy) is 1. The van der Waals surface area contributed by atoms with E-state index >= 15 is 0 Å². The molecule has 36 heavy (non-hydrogen) atoms. The number of hydrogen-bond donors (Lipinski definition) is 3. The molecule has 0 radical (unpaired) electrons. The quantitative estimate of drug-likeness (QED) is 0.227. The summed E-state index contributed by atoms with van der Waals surface area (Å²) in [5.41, 5.74) is 7.02. The molecule has 1 heterocycles. The predicted molar refractivity (Wildman–Crippen MR) is 141 cm³/mol. The maximum absolute atomic E-state index is 12.4. The molecule has 0 atom stereocenters. The number of hydrogen-bond acceptors (Lipinski definition) is 5. The molecule has 0 aliphatic heterocycles. The number of aryl methyl sites for hydroxylation is 2. The maximum Gasteiger partial charge on any atom is 0.323 e. The number of amides is 3. The molecule has 3 N–H and O–H groups in total. The second-order valence-electron chi connectivity index (χ2n) is 8.06. The Morgan fingerprint density at radius 1 is 0.806 bits per heavy atom. The fraction of sp³-hybridized carbons (Fsp3) is 0.0714. The van der Waals surface area contributed by atoms with Crippen LogP contribution in [0.25, 0.3) is 0 Å². The molecule has 0 unspecified atom stereocenters. The number of carbonyl (C=O) groups is 2. The Morgan fingerprint density at radius 2 is 1.56 bits per heavy atom. The highest BCUT2D eigenvalue weighted by molar-refractivity contribution is 5.99. The Morgan fingerprint density at radius 3 is 2.31 bits per heavy atom. The zero-order chi connectivity index (χ0) is 25.3. The molecule has 0 fully saturated rings. The zero-order valence-electron chi connectivity index (χ0n) is 19.9. The first-order valence-corrected chi connectivity index (χ1v) is 11.2. The average Bonchev–Trinajstić information content (AvgIpc) is 2.86. The van der Waals surface area contributed by atoms with Crippen molar-refractivity contribution in [2.24, 2.45) is 5.10 Å². The van der Waals surface area contributed by atoms with Gasteiger partial charge in [0.2, 0.25) is 0 Å². The van der Waals surface area contributed by atoms with E-state index < -0.39 is 5.91 Å². The molecule has 8 heteroatoms. The van der Waals surface area contributed by atoms with Gasteiger partial charge in [0.05, 0.1) is 6.21 Å². The number of anilines is 2. The van der Waals surface area contributed by atoms with Crippen molar-refractivity contribution in [1.29, 1.82) is 0 Å². The van der Waals surface area contributed by atoms with Crippen molar-refractivity contribution in [2.45, 2.75) is 13.8 Å². The van der Waals surface area contributed by atoms with Gasteiger partial charge in [-0.15, -0.1) is 0 Å². The van der Waals surface area contributed by atoms with Crippen LogP contribution < -0.4 is 20.8 Å². The molecule has 3 amide bonds. The molecule has 0 saturated carbocycles. The molecule has 180 valence electrons. The van der Waals surface area contributed by atoms with E-state index in [1.807, 2.05) is 62.4 Å².